The number of rotatable bonds is 1. The van der Waals surface area contributed by atoms with Gasteiger partial charge in [-0.1, -0.05) is 6.58 Å². The summed E-state index contributed by atoms with van der Waals surface area (Å²) in [5, 5.41) is 2.61. The second kappa shape index (κ2) is 4.55. The topological polar surface area (TPSA) is 64.6 Å². The van der Waals surface area contributed by atoms with Gasteiger partial charge in [-0.05, 0) is 20.8 Å². The van der Waals surface area contributed by atoms with Gasteiger partial charge in [-0.25, -0.2) is 4.79 Å². The molecule has 1 aliphatic heterocycles. The molecule has 1 aliphatic rings. The van der Waals surface area contributed by atoms with Crippen molar-refractivity contribution in [1.29, 1.82) is 0 Å². The van der Waals surface area contributed by atoms with Crippen LogP contribution in [0.5, 0.6) is 0 Å². The van der Waals surface area contributed by atoms with Crippen molar-refractivity contribution in [2.24, 2.45) is 0 Å². The van der Waals surface area contributed by atoms with E-state index in [1.54, 1.807) is 20.8 Å². The molecule has 1 fully saturated rings. The van der Waals surface area contributed by atoms with E-state index in [-0.39, 0.29) is 18.4 Å². The molecule has 0 aliphatic carbocycles. The summed E-state index contributed by atoms with van der Waals surface area (Å²) in [5.41, 5.74) is -0.545. The number of hydrogen-bond donors (Lipinski definition) is 1. The van der Waals surface area contributed by atoms with Gasteiger partial charge >= 0.3 is 12.1 Å². The molecule has 0 saturated carbocycles. The van der Waals surface area contributed by atoms with Crippen LogP contribution >= 0.6 is 0 Å². The van der Waals surface area contributed by atoms with Crippen LogP contribution in [0.3, 0.4) is 0 Å². The Kier molecular flexibility index (Phi) is 3.57. The van der Waals surface area contributed by atoms with E-state index in [1.807, 2.05) is 0 Å². The summed E-state index contributed by atoms with van der Waals surface area (Å²) in [7, 11) is 0. The Hall–Kier alpha value is -1.52. The van der Waals surface area contributed by atoms with Crippen molar-refractivity contribution in [2.75, 3.05) is 0 Å². The number of carbonyl (C=O) groups is 2. The second-order valence-electron chi connectivity index (χ2n) is 4.76. The lowest BCUT2D eigenvalue weighted by Gasteiger charge is -2.26. The van der Waals surface area contributed by atoms with Crippen molar-refractivity contribution in [2.45, 2.75) is 45.3 Å². The van der Waals surface area contributed by atoms with E-state index in [2.05, 4.69) is 11.9 Å². The second-order valence-corrected chi connectivity index (χ2v) is 4.76. The van der Waals surface area contributed by atoms with Crippen LogP contribution in [0.25, 0.3) is 0 Å². The molecule has 0 spiro atoms. The van der Waals surface area contributed by atoms with E-state index in [1.165, 1.54) is 0 Å². The number of amides is 1. The van der Waals surface area contributed by atoms with Crippen molar-refractivity contribution in [3.8, 4) is 0 Å². The van der Waals surface area contributed by atoms with Crippen LogP contribution < -0.4 is 5.32 Å². The van der Waals surface area contributed by atoms with Crippen molar-refractivity contribution >= 4 is 12.1 Å². The molecule has 5 nitrogen and oxygen atoms in total. The number of hydrogen-bond acceptors (Lipinski definition) is 4. The zero-order chi connectivity index (χ0) is 12.3. The first kappa shape index (κ1) is 12.5. The molecule has 0 aromatic carbocycles. The lowest BCUT2D eigenvalue weighted by molar-refractivity contribution is -0.142. The molecule has 0 aromatic rings. The van der Waals surface area contributed by atoms with Gasteiger partial charge < -0.3 is 14.8 Å². The molecule has 90 valence electrons. The fraction of sp³-hybridized carbons (Fsp3) is 0.636. The van der Waals surface area contributed by atoms with E-state index >= 15 is 0 Å². The Bertz CT molecular complexity index is 300. The summed E-state index contributed by atoms with van der Waals surface area (Å²) >= 11 is 0. The molecule has 5 heteroatoms. The molecule has 1 rings (SSSR count). The summed E-state index contributed by atoms with van der Waals surface area (Å²) < 4.78 is 9.85. The molecule has 1 saturated heterocycles. The molecule has 0 bridgehead atoms. The van der Waals surface area contributed by atoms with E-state index in [9.17, 15) is 9.59 Å². The Balaban J connectivity index is 2.45. The smallest absolute Gasteiger partial charge is 0.407 e. The fourth-order valence-electron chi connectivity index (χ4n) is 1.37. The predicted octanol–water partition coefficient (Wildman–Crippen LogP) is 1.73. The van der Waals surface area contributed by atoms with E-state index in [0.29, 0.717) is 12.2 Å². The Morgan fingerprint density at radius 2 is 2.12 bits per heavy atom. The molecular formula is C11H17NO4. The summed E-state index contributed by atoms with van der Waals surface area (Å²) in [5.74, 6) is -0.00498. The highest BCUT2D eigenvalue weighted by molar-refractivity contribution is 5.74. The van der Waals surface area contributed by atoms with Crippen LogP contribution in [-0.2, 0) is 14.3 Å². The maximum Gasteiger partial charge on any atom is 0.407 e. The molecule has 1 atom stereocenters. The van der Waals surface area contributed by atoms with Gasteiger partial charge in [-0.3, -0.25) is 4.79 Å². The average molecular weight is 227 g/mol. The number of carbonyl (C=O) groups excluding carboxylic acids is 2. The highest BCUT2D eigenvalue weighted by Gasteiger charge is 2.26. The predicted molar refractivity (Wildman–Crippen MR) is 57.6 cm³/mol. The van der Waals surface area contributed by atoms with Crippen molar-refractivity contribution in [3.05, 3.63) is 12.3 Å². The Morgan fingerprint density at radius 1 is 1.50 bits per heavy atom. The van der Waals surface area contributed by atoms with Crippen LogP contribution in [-0.4, -0.2) is 23.7 Å². The normalized spacial score (nSPS) is 21.3. The number of ether oxygens (including phenoxy) is 2. The van der Waals surface area contributed by atoms with Gasteiger partial charge in [0.1, 0.15) is 11.4 Å². The third-order valence-electron chi connectivity index (χ3n) is 1.87. The number of esters is 1. The fourth-order valence-corrected chi connectivity index (χ4v) is 1.37. The van der Waals surface area contributed by atoms with Crippen LogP contribution in [0.15, 0.2) is 12.3 Å². The highest BCUT2D eigenvalue weighted by Crippen LogP contribution is 2.17. The summed E-state index contributed by atoms with van der Waals surface area (Å²) in [4.78, 5) is 22.5. The van der Waals surface area contributed by atoms with E-state index in [4.69, 9.17) is 9.47 Å². The van der Waals surface area contributed by atoms with Crippen LogP contribution in [0.4, 0.5) is 4.79 Å². The maximum absolute atomic E-state index is 11.4. The monoisotopic (exact) mass is 227 g/mol. The molecule has 0 radical (unpaired) electrons. The van der Waals surface area contributed by atoms with Gasteiger partial charge in [0.2, 0.25) is 0 Å². The summed E-state index contributed by atoms with van der Waals surface area (Å²) in [6.07, 6.45) is 0.0588. The zero-order valence-electron chi connectivity index (χ0n) is 9.83. The van der Waals surface area contributed by atoms with Gasteiger partial charge in [-0.15, -0.1) is 0 Å². The van der Waals surface area contributed by atoms with Crippen LogP contribution in [0.1, 0.15) is 33.6 Å². The van der Waals surface area contributed by atoms with Gasteiger partial charge in [0.15, 0.2) is 0 Å². The lowest BCUT2D eigenvalue weighted by Crippen LogP contribution is -2.42. The van der Waals surface area contributed by atoms with Gasteiger partial charge in [0.05, 0.1) is 6.42 Å². The van der Waals surface area contributed by atoms with Crippen LogP contribution in [0.2, 0.25) is 0 Å². The lowest BCUT2D eigenvalue weighted by atomic mass is 10.1. The minimum atomic E-state index is -0.545. The summed E-state index contributed by atoms with van der Waals surface area (Å²) in [6.45, 7) is 8.90. The minimum absolute atomic E-state index is 0.151. The molecule has 1 amide bonds. The van der Waals surface area contributed by atoms with Gasteiger partial charge in [0, 0.05) is 12.5 Å². The van der Waals surface area contributed by atoms with E-state index < -0.39 is 11.7 Å². The Labute approximate surface area is 94.8 Å². The molecule has 1 heterocycles. The largest absolute Gasteiger partial charge is 0.444 e. The first-order chi connectivity index (χ1) is 7.26. The van der Waals surface area contributed by atoms with Crippen molar-refractivity contribution in [1.82, 2.24) is 5.32 Å². The molecule has 16 heavy (non-hydrogen) atoms. The quantitative estimate of drug-likeness (QED) is 0.693. The first-order valence-corrected chi connectivity index (χ1v) is 5.14. The Morgan fingerprint density at radius 3 is 2.62 bits per heavy atom. The average Bonchev–Trinajstić information content (AvgIpc) is 1.96. The number of nitrogens with one attached hydrogen (secondary N) is 1. The number of cyclic esters (lactones) is 1. The first-order valence-electron chi connectivity index (χ1n) is 5.14. The molecule has 1 N–H and O–H groups in total. The molecular weight excluding hydrogens is 210 g/mol. The zero-order valence-corrected chi connectivity index (χ0v) is 9.83. The third-order valence-corrected chi connectivity index (χ3v) is 1.87. The molecule has 0 aromatic heterocycles. The van der Waals surface area contributed by atoms with Gasteiger partial charge in [-0.2, -0.15) is 0 Å². The van der Waals surface area contributed by atoms with Gasteiger partial charge in [0.25, 0.3) is 0 Å². The third kappa shape index (κ3) is 4.33. The standard InChI is InChI=1S/C11H17NO4/c1-7-5-8(6-9(13)15-7)12-10(14)16-11(2,3)4/h8H,1,5-6H2,2-4H3,(H,12,14). The maximum atomic E-state index is 11.4. The van der Waals surface area contributed by atoms with Crippen molar-refractivity contribution in [3.63, 3.8) is 0 Å². The highest BCUT2D eigenvalue weighted by atomic mass is 16.6. The molecule has 1 unspecified atom stereocenters. The van der Waals surface area contributed by atoms with Crippen molar-refractivity contribution < 1.29 is 19.1 Å². The summed E-state index contributed by atoms with van der Waals surface area (Å²) in [6, 6.07) is -0.288. The number of alkyl carbamates (subject to hydrolysis) is 1. The van der Waals surface area contributed by atoms with Crippen LogP contribution in [0, 0.1) is 0 Å². The SMILES string of the molecule is C=C1CC(NC(=O)OC(C)(C)C)CC(=O)O1. The van der Waals surface area contributed by atoms with E-state index in [0.717, 1.165) is 0 Å². The minimum Gasteiger partial charge on any atom is -0.444 e.